The van der Waals surface area contributed by atoms with E-state index in [9.17, 15) is 15.4 Å². The Morgan fingerprint density at radius 3 is 2.96 bits per heavy atom. The van der Waals surface area contributed by atoms with Crippen molar-refractivity contribution in [3.8, 4) is 6.07 Å². The van der Waals surface area contributed by atoms with Crippen LogP contribution in [0.5, 0.6) is 0 Å². The molecule has 1 aromatic carbocycles. The molecule has 2 aromatic rings. The maximum Gasteiger partial charge on any atom is 0.270 e. The van der Waals surface area contributed by atoms with E-state index in [-0.39, 0.29) is 17.3 Å². The Labute approximate surface area is 133 Å². The molecule has 0 radical (unpaired) electrons. The van der Waals surface area contributed by atoms with Crippen LogP contribution in [0.4, 0.5) is 17.2 Å². The van der Waals surface area contributed by atoms with Crippen LogP contribution in [0, 0.1) is 21.4 Å². The molecule has 1 atom stereocenters. The van der Waals surface area contributed by atoms with Crippen molar-refractivity contribution >= 4 is 17.2 Å². The highest BCUT2D eigenvalue weighted by molar-refractivity contribution is 5.62. The Morgan fingerprint density at radius 1 is 1.39 bits per heavy atom. The Morgan fingerprint density at radius 2 is 2.26 bits per heavy atom. The number of non-ortho nitro benzene ring substituents is 1. The van der Waals surface area contributed by atoms with Crippen LogP contribution < -0.4 is 10.2 Å². The molecule has 1 aliphatic heterocycles. The molecule has 1 N–H and O–H groups in total. The number of anilines is 2. The predicted molar refractivity (Wildman–Crippen MR) is 86.3 cm³/mol. The van der Waals surface area contributed by atoms with Gasteiger partial charge >= 0.3 is 0 Å². The fourth-order valence-corrected chi connectivity index (χ4v) is 2.71. The highest BCUT2D eigenvalue weighted by atomic mass is 16.6. The number of aromatic nitrogens is 1. The summed E-state index contributed by atoms with van der Waals surface area (Å²) in [5, 5.41) is 23.3. The molecule has 1 aromatic heterocycles. The highest BCUT2D eigenvalue weighted by Gasteiger charge is 2.24. The molecule has 7 heteroatoms. The quantitative estimate of drug-likeness (QED) is 0.689. The minimum Gasteiger partial charge on any atom is -0.379 e. The first-order valence-electron chi connectivity index (χ1n) is 7.28. The first kappa shape index (κ1) is 14.8. The minimum atomic E-state index is -0.497. The molecule has 0 aliphatic carbocycles. The number of nitrogens with one attached hydrogen (secondary N) is 1. The molecule has 116 valence electrons. The smallest absolute Gasteiger partial charge is 0.270 e. The van der Waals surface area contributed by atoms with Crippen molar-refractivity contribution in [2.24, 2.45) is 0 Å². The van der Waals surface area contributed by atoms with Crippen molar-refractivity contribution in [3.63, 3.8) is 0 Å². The first-order chi connectivity index (χ1) is 11.2. The van der Waals surface area contributed by atoms with E-state index in [1.54, 1.807) is 12.3 Å². The maximum atomic E-state index is 10.8. The number of nitrogens with zero attached hydrogens (tertiary/aromatic N) is 4. The predicted octanol–water partition coefficient (Wildman–Crippen LogP) is 2.55. The van der Waals surface area contributed by atoms with Crippen molar-refractivity contribution in [2.45, 2.75) is 12.5 Å². The van der Waals surface area contributed by atoms with Gasteiger partial charge in [-0.3, -0.25) is 10.1 Å². The molecule has 1 fully saturated rings. The van der Waals surface area contributed by atoms with Gasteiger partial charge in [0.1, 0.15) is 11.9 Å². The topological polar surface area (TPSA) is 95.1 Å². The summed E-state index contributed by atoms with van der Waals surface area (Å²) in [6.07, 6.45) is 2.68. The van der Waals surface area contributed by atoms with Gasteiger partial charge in [0.05, 0.1) is 16.2 Å². The van der Waals surface area contributed by atoms with Gasteiger partial charge in [-0.05, 0) is 24.6 Å². The number of nitro groups is 1. The minimum absolute atomic E-state index is 0.0753. The van der Waals surface area contributed by atoms with Gasteiger partial charge < -0.3 is 10.2 Å². The lowest BCUT2D eigenvalue weighted by Gasteiger charge is -2.18. The van der Waals surface area contributed by atoms with E-state index in [0.29, 0.717) is 5.69 Å². The van der Waals surface area contributed by atoms with E-state index in [2.05, 4.69) is 15.2 Å². The molecule has 0 spiro atoms. The zero-order chi connectivity index (χ0) is 16.2. The molecular formula is C16H15N5O2. The van der Waals surface area contributed by atoms with Crippen LogP contribution in [0.15, 0.2) is 42.6 Å². The van der Waals surface area contributed by atoms with Gasteiger partial charge in [0.25, 0.3) is 5.69 Å². The molecule has 23 heavy (non-hydrogen) atoms. The van der Waals surface area contributed by atoms with E-state index >= 15 is 0 Å². The number of hydrogen-bond acceptors (Lipinski definition) is 6. The third kappa shape index (κ3) is 3.21. The summed E-state index contributed by atoms with van der Waals surface area (Å²) in [7, 11) is 0. The number of pyridine rings is 1. The third-order valence-corrected chi connectivity index (χ3v) is 3.86. The largest absolute Gasteiger partial charge is 0.379 e. The number of rotatable bonds is 4. The second-order valence-corrected chi connectivity index (χ2v) is 5.36. The van der Waals surface area contributed by atoms with Crippen molar-refractivity contribution in [1.82, 2.24) is 4.98 Å². The normalized spacial score (nSPS) is 16.8. The lowest BCUT2D eigenvalue weighted by molar-refractivity contribution is -0.384. The van der Waals surface area contributed by atoms with Gasteiger partial charge in [-0.15, -0.1) is 0 Å². The van der Waals surface area contributed by atoms with E-state index in [1.807, 2.05) is 24.3 Å². The average molecular weight is 309 g/mol. The standard InChI is InChI=1S/C16H15N5O2/c17-10-12-9-14(21(22)23)4-5-15(12)19-13-6-8-20(11-13)16-3-1-2-7-18-16/h1-5,7,9,13,19H,6,8,11H2/t13-/m0/s1. The molecule has 2 heterocycles. The molecular weight excluding hydrogens is 294 g/mol. The van der Waals surface area contributed by atoms with Crippen LogP contribution >= 0.6 is 0 Å². The van der Waals surface area contributed by atoms with Gasteiger partial charge in [-0.25, -0.2) is 4.98 Å². The molecule has 0 saturated carbocycles. The molecule has 7 nitrogen and oxygen atoms in total. The van der Waals surface area contributed by atoms with Crippen LogP contribution in [0.3, 0.4) is 0 Å². The second kappa shape index (κ2) is 6.32. The van der Waals surface area contributed by atoms with E-state index in [4.69, 9.17) is 0 Å². The molecule has 1 aliphatic rings. The third-order valence-electron chi connectivity index (χ3n) is 3.86. The van der Waals surface area contributed by atoms with Gasteiger partial charge in [0, 0.05) is 37.5 Å². The number of nitro benzene ring substituents is 1. The second-order valence-electron chi connectivity index (χ2n) is 5.36. The Kier molecular flexibility index (Phi) is 4.06. The van der Waals surface area contributed by atoms with E-state index in [1.165, 1.54) is 12.1 Å². The van der Waals surface area contributed by atoms with E-state index < -0.39 is 4.92 Å². The van der Waals surface area contributed by atoms with Gasteiger partial charge in [0.2, 0.25) is 0 Å². The number of benzene rings is 1. The number of hydrogen-bond donors (Lipinski definition) is 1. The molecule has 0 unspecified atom stereocenters. The monoisotopic (exact) mass is 309 g/mol. The summed E-state index contributed by atoms with van der Waals surface area (Å²) >= 11 is 0. The molecule has 3 rings (SSSR count). The summed E-state index contributed by atoms with van der Waals surface area (Å²) in [6.45, 7) is 1.66. The van der Waals surface area contributed by atoms with Crippen molar-refractivity contribution in [3.05, 3.63) is 58.3 Å². The Balaban J connectivity index is 1.71. The van der Waals surface area contributed by atoms with Crippen molar-refractivity contribution in [2.75, 3.05) is 23.3 Å². The van der Waals surface area contributed by atoms with Gasteiger partial charge in [-0.1, -0.05) is 6.07 Å². The van der Waals surface area contributed by atoms with Crippen LogP contribution in [0.2, 0.25) is 0 Å². The Bertz CT molecular complexity index is 757. The molecule has 0 amide bonds. The Hall–Kier alpha value is -3.14. The summed E-state index contributed by atoms with van der Waals surface area (Å²) < 4.78 is 0. The summed E-state index contributed by atoms with van der Waals surface area (Å²) in [4.78, 5) is 16.8. The van der Waals surface area contributed by atoms with Crippen LogP contribution in [-0.2, 0) is 0 Å². The fraction of sp³-hybridized carbons (Fsp3) is 0.250. The van der Waals surface area contributed by atoms with Crippen LogP contribution in [-0.4, -0.2) is 29.0 Å². The summed E-state index contributed by atoms with van der Waals surface area (Å²) in [5.74, 6) is 0.931. The zero-order valence-electron chi connectivity index (χ0n) is 12.3. The van der Waals surface area contributed by atoms with Crippen molar-refractivity contribution < 1.29 is 4.92 Å². The maximum absolute atomic E-state index is 10.8. The number of nitriles is 1. The van der Waals surface area contributed by atoms with Crippen LogP contribution in [0.25, 0.3) is 0 Å². The summed E-state index contributed by atoms with van der Waals surface area (Å²) in [6, 6.07) is 12.3. The lowest BCUT2D eigenvalue weighted by atomic mass is 10.1. The lowest BCUT2D eigenvalue weighted by Crippen LogP contribution is -2.26. The van der Waals surface area contributed by atoms with Crippen molar-refractivity contribution in [1.29, 1.82) is 5.26 Å². The van der Waals surface area contributed by atoms with Crippen LogP contribution in [0.1, 0.15) is 12.0 Å². The highest BCUT2D eigenvalue weighted by Crippen LogP contribution is 2.25. The summed E-state index contributed by atoms with van der Waals surface area (Å²) in [5.41, 5.74) is 0.843. The average Bonchev–Trinajstić information content (AvgIpc) is 3.04. The molecule has 1 saturated heterocycles. The first-order valence-corrected chi connectivity index (χ1v) is 7.28. The van der Waals surface area contributed by atoms with E-state index in [0.717, 1.165) is 25.3 Å². The zero-order valence-corrected chi connectivity index (χ0v) is 12.3. The molecule has 0 bridgehead atoms. The fourth-order valence-electron chi connectivity index (χ4n) is 2.71. The van der Waals surface area contributed by atoms with Gasteiger partial charge in [0.15, 0.2) is 0 Å². The SMILES string of the molecule is N#Cc1cc([N+](=O)[O-])ccc1N[C@H]1CCN(c2ccccn2)C1. The van der Waals surface area contributed by atoms with Gasteiger partial charge in [-0.2, -0.15) is 5.26 Å².